The van der Waals surface area contributed by atoms with Gasteiger partial charge in [0, 0.05) is 11.8 Å². The third-order valence-corrected chi connectivity index (χ3v) is 6.95. The van der Waals surface area contributed by atoms with Gasteiger partial charge in [-0.1, -0.05) is 38.8 Å². The average molecular weight is 459 g/mol. The molecular formula is C20H26O8S2. The standard InChI is InChI=1S/C20H26O8S2/c1-13-8-9-15-16(11-14(29(23,24)25)12-17(15)30(26,27)28)19(13)20(2,3)10-6-4-5-7-18(21)22/h8-9,11-12H,4-7,10H2,1-3H3,(H,21,22)(H,23,24,25)(H,26,27,28). The summed E-state index contributed by atoms with van der Waals surface area (Å²) in [6.07, 6.45) is 2.69. The molecule has 8 nitrogen and oxygen atoms in total. The normalized spacial score (nSPS) is 13.0. The van der Waals surface area contributed by atoms with Gasteiger partial charge in [-0.15, -0.1) is 0 Å². The van der Waals surface area contributed by atoms with Gasteiger partial charge in [-0.25, -0.2) is 0 Å². The maximum Gasteiger partial charge on any atom is 0.303 e. The van der Waals surface area contributed by atoms with Crippen molar-refractivity contribution in [1.82, 2.24) is 0 Å². The predicted molar refractivity (Wildman–Crippen MR) is 112 cm³/mol. The molecule has 3 N–H and O–H groups in total. The maximum atomic E-state index is 11.9. The van der Waals surface area contributed by atoms with Gasteiger partial charge in [0.05, 0.1) is 4.90 Å². The molecule has 0 spiro atoms. The number of aliphatic carboxylic acids is 1. The van der Waals surface area contributed by atoms with E-state index in [9.17, 15) is 30.7 Å². The molecule has 0 aliphatic carbocycles. The number of rotatable bonds is 9. The molecule has 2 rings (SSSR count). The van der Waals surface area contributed by atoms with E-state index in [1.807, 2.05) is 20.8 Å². The van der Waals surface area contributed by atoms with Crippen LogP contribution in [0.3, 0.4) is 0 Å². The molecule has 0 fully saturated rings. The van der Waals surface area contributed by atoms with Crippen LogP contribution in [-0.4, -0.2) is 37.0 Å². The fourth-order valence-electron chi connectivity index (χ4n) is 3.89. The molecule has 0 aliphatic heterocycles. The first-order valence-corrected chi connectivity index (χ1v) is 12.3. The lowest BCUT2D eigenvalue weighted by Gasteiger charge is -2.29. The van der Waals surface area contributed by atoms with Gasteiger partial charge in [0.25, 0.3) is 20.2 Å². The lowest BCUT2D eigenvalue weighted by atomic mass is 9.75. The minimum atomic E-state index is -4.75. The number of carboxylic acid groups (broad SMARTS) is 1. The zero-order valence-electron chi connectivity index (χ0n) is 17.0. The van der Waals surface area contributed by atoms with E-state index in [0.29, 0.717) is 30.2 Å². The van der Waals surface area contributed by atoms with Crippen molar-refractivity contribution in [2.45, 2.75) is 68.1 Å². The van der Waals surface area contributed by atoms with Crippen LogP contribution in [0.1, 0.15) is 57.1 Å². The maximum absolute atomic E-state index is 11.9. The number of aryl methyl sites for hydroxylation is 1. The molecular weight excluding hydrogens is 432 g/mol. The summed E-state index contributed by atoms with van der Waals surface area (Å²) in [4.78, 5) is 9.45. The molecule has 166 valence electrons. The highest BCUT2D eigenvalue weighted by Crippen LogP contribution is 2.39. The molecule has 0 heterocycles. The van der Waals surface area contributed by atoms with Gasteiger partial charge >= 0.3 is 5.97 Å². The first-order valence-electron chi connectivity index (χ1n) is 9.39. The Morgan fingerprint density at radius 1 is 0.933 bits per heavy atom. The van der Waals surface area contributed by atoms with Crippen molar-refractivity contribution in [3.63, 3.8) is 0 Å². The van der Waals surface area contributed by atoms with Crippen LogP contribution in [0.4, 0.5) is 0 Å². The number of carbonyl (C=O) groups is 1. The van der Waals surface area contributed by atoms with Crippen LogP contribution >= 0.6 is 0 Å². The quantitative estimate of drug-likeness (QED) is 0.378. The largest absolute Gasteiger partial charge is 0.481 e. The van der Waals surface area contributed by atoms with E-state index in [0.717, 1.165) is 18.1 Å². The van der Waals surface area contributed by atoms with Crippen LogP contribution in [0.2, 0.25) is 0 Å². The van der Waals surface area contributed by atoms with E-state index < -0.39 is 41.4 Å². The number of benzene rings is 2. The van der Waals surface area contributed by atoms with Crippen LogP contribution < -0.4 is 0 Å². The smallest absolute Gasteiger partial charge is 0.303 e. The third-order valence-electron chi connectivity index (χ3n) is 5.22. The summed E-state index contributed by atoms with van der Waals surface area (Å²) in [5.74, 6) is -0.852. The highest BCUT2D eigenvalue weighted by Gasteiger charge is 2.28. The molecule has 2 aromatic carbocycles. The lowest BCUT2D eigenvalue weighted by Crippen LogP contribution is -2.20. The Labute approximate surface area is 176 Å². The van der Waals surface area contributed by atoms with Crippen LogP contribution in [0.25, 0.3) is 10.8 Å². The lowest BCUT2D eigenvalue weighted by molar-refractivity contribution is -0.137. The first kappa shape index (κ1) is 24.3. The molecule has 0 aliphatic rings. The second kappa shape index (κ2) is 8.62. The first-order chi connectivity index (χ1) is 13.6. The Balaban J connectivity index is 2.64. The van der Waals surface area contributed by atoms with E-state index in [2.05, 4.69) is 0 Å². The van der Waals surface area contributed by atoms with Crippen LogP contribution in [0.5, 0.6) is 0 Å². The Kier molecular flexibility index (Phi) is 6.97. The third kappa shape index (κ3) is 5.57. The van der Waals surface area contributed by atoms with Crippen molar-refractivity contribution in [1.29, 1.82) is 0 Å². The summed E-state index contributed by atoms with van der Waals surface area (Å²) in [6.45, 7) is 5.67. The van der Waals surface area contributed by atoms with Crippen molar-refractivity contribution in [2.24, 2.45) is 0 Å². The highest BCUT2D eigenvalue weighted by molar-refractivity contribution is 7.86. The zero-order chi connectivity index (χ0) is 22.9. The minimum absolute atomic E-state index is 0.0865. The molecule has 10 heteroatoms. The fourth-order valence-corrected chi connectivity index (χ4v) is 5.23. The zero-order valence-corrected chi connectivity index (χ0v) is 18.7. The monoisotopic (exact) mass is 458 g/mol. The van der Waals surface area contributed by atoms with E-state index in [1.165, 1.54) is 12.1 Å². The van der Waals surface area contributed by atoms with Crippen molar-refractivity contribution < 1.29 is 35.8 Å². The second-order valence-corrected chi connectivity index (χ2v) is 10.9. The molecule has 0 unspecified atom stereocenters. The van der Waals surface area contributed by atoms with Gasteiger partial charge in [0.15, 0.2) is 0 Å². The Morgan fingerprint density at radius 3 is 2.10 bits per heavy atom. The number of hydrogen-bond donors (Lipinski definition) is 3. The van der Waals surface area contributed by atoms with E-state index >= 15 is 0 Å². The molecule has 30 heavy (non-hydrogen) atoms. The topological polar surface area (TPSA) is 146 Å². The highest BCUT2D eigenvalue weighted by atomic mass is 32.2. The van der Waals surface area contributed by atoms with Crippen LogP contribution in [-0.2, 0) is 30.4 Å². The number of carboxylic acids is 1. The number of hydrogen-bond acceptors (Lipinski definition) is 5. The summed E-state index contributed by atoms with van der Waals surface area (Å²) >= 11 is 0. The van der Waals surface area contributed by atoms with E-state index in [4.69, 9.17) is 5.11 Å². The Bertz CT molecular complexity index is 1180. The van der Waals surface area contributed by atoms with Gasteiger partial charge in [0.1, 0.15) is 4.90 Å². The molecule has 0 aromatic heterocycles. The van der Waals surface area contributed by atoms with Crippen molar-refractivity contribution in [3.05, 3.63) is 35.4 Å². The SMILES string of the molecule is Cc1ccc2c(S(=O)(=O)O)cc(S(=O)(=O)O)cc2c1C(C)(C)CCCCCC(=O)O. The van der Waals surface area contributed by atoms with Crippen LogP contribution in [0, 0.1) is 6.92 Å². The second-order valence-electron chi connectivity index (χ2n) is 8.06. The summed E-state index contributed by atoms with van der Waals surface area (Å²) in [7, 11) is -9.47. The summed E-state index contributed by atoms with van der Waals surface area (Å²) in [5.41, 5.74) is 0.988. The molecule has 0 radical (unpaired) electrons. The predicted octanol–water partition coefficient (Wildman–Crippen LogP) is 3.95. The van der Waals surface area contributed by atoms with Gasteiger partial charge in [-0.2, -0.15) is 16.8 Å². The molecule has 2 aromatic rings. The molecule has 0 amide bonds. The number of fused-ring (bicyclic) bond motifs is 1. The molecule has 0 saturated heterocycles. The Morgan fingerprint density at radius 2 is 1.57 bits per heavy atom. The van der Waals surface area contributed by atoms with Crippen molar-refractivity contribution in [3.8, 4) is 0 Å². The Hall–Kier alpha value is -2.01. The molecule has 0 atom stereocenters. The van der Waals surface area contributed by atoms with E-state index in [-0.39, 0.29) is 11.8 Å². The molecule has 0 saturated carbocycles. The minimum Gasteiger partial charge on any atom is -0.481 e. The van der Waals surface area contributed by atoms with Gasteiger partial charge in [-0.05, 0) is 53.8 Å². The summed E-state index contributed by atoms with van der Waals surface area (Å²) in [6, 6.07) is 5.15. The average Bonchev–Trinajstić information content (AvgIpc) is 2.57. The van der Waals surface area contributed by atoms with E-state index in [1.54, 1.807) is 6.07 Å². The van der Waals surface area contributed by atoms with Gasteiger partial charge in [-0.3, -0.25) is 13.9 Å². The summed E-state index contributed by atoms with van der Waals surface area (Å²) < 4.78 is 66.4. The summed E-state index contributed by atoms with van der Waals surface area (Å²) in [5, 5.41) is 9.22. The van der Waals surface area contributed by atoms with Crippen molar-refractivity contribution >= 4 is 37.0 Å². The number of unbranched alkanes of at least 4 members (excludes halogenated alkanes) is 2. The van der Waals surface area contributed by atoms with Gasteiger partial charge < -0.3 is 5.11 Å². The van der Waals surface area contributed by atoms with Crippen LogP contribution in [0.15, 0.2) is 34.1 Å². The van der Waals surface area contributed by atoms with Crippen molar-refractivity contribution in [2.75, 3.05) is 0 Å². The molecule has 0 bridgehead atoms. The van der Waals surface area contributed by atoms with Gasteiger partial charge in [0.2, 0.25) is 0 Å². The fraction of sp³-hybridized carbons (Fsp3) is 0.450.